The molecule has 1 saturated heterocycles. The molecule has 1 fully saturated rings. The summed E-state index contributed by atoms with van der Waals surface area (Å²) in [6, 6.07) is 2.18. The summed E-state index contributed by atoms with van der Waals surface area (Å²) in [7, 11) is 3.55. The molecule has 1 aromatic rings. The molecule has 0 radical (unpaired) electrons. The molecule has 2 heterocycles. The van der Waals surface area contributed by atoms with Crippen molar-refractivity contribution in [2.75, 3.05) is 33.7 Å². The van der Waals surface area contributed by atoms with E-state index in [2.05, 4.69) is 44.3 Å². The van der Waals surface area contributed by atoms with Gasteiger partial charge in [-0.1, -0.05) is 6.92 Å². The predicted octanol–water partition coefficient (Wildman–Crippen LogP) is 2.28. The largest absolute Gasteiger partial charge is 0.359 e. The van der Waals surface area contributed by atoms with Crippen LogP contribution in [0.2, 0.25) is 0 Å². The molecule has 2 rings (SSSR count). The van der Waals surface area contributed by atoms with E-state index in [0.717, 1.165) is 38.4 Å². The lowest BCUT2D eigenvalue weighted by molar-refractivity contribution is -0.121. The molecule has 128 valence electrons. The van der Waals surface area contributed by atoms with Crippen LogP contribution < -0.4 is 10.6 Å². The number of guanidine groups is 1. The number of amides is 1. The van der Waals surface area contributed by atoms with Crippen LogP contribution >= 0.6 is 11.3 Å². The average Bonchev–Trinajstić information content (AvgIpc) is 3.11. The Bertz CT molecular complexity index is 507. The van der Waals surface area contributed by atoms with Gasteiger partial charge in [0.25, 0.3) is 0 Å². The molecule has 2 N–H and O–H groups in total. The molecule has 1 atom stereocenters. The number of nitrogens with zero attached hydrogens (tertiary/aromatic N) is 2. The minimum Gasteiger partial charge on any atom is -0.359 e. The van der Waals surface area contributed by atoms with E-state index < -0.39 is 0 Å². The van der Waals surface area contributed by atoms with Crippen molar-refractivity contribution >= 4 is 23.2 Å². The topological polar surface area (TPSA) is 56.7 Å². The Hall–Kier alpha value is -1.56. The zero-order chi connectivity index (χ0) is 16.7. The van der Waals surface area contributed by atoms with Gasteiger partial charge in [0, 0.05) is 40.2 Å². The van der Waals surface area contributed by atoms with Crippen molar-refractivity contribution < 1.29 is 4.79 Å². The lowest BCUT2D eigenvalue weighted by atomic mass is 9.93. The Morgan fingerprint density at radius 1 is 1.48 bits per heavy atom. The fourth-order valence-corrected chi connectivity index (χ4v) is 3.75. The number of hydrogen-bond donors (Lipinski definition) is 2. The second-order valence-electron chi connectivity index (χ2n) is 6.19. The fraction of sp³-hybridized carbons (Fsp3) is 0.647. The second-order valence-corrected chi connectivity index (χ2v) is 6.97. The number of nitrogens with one attached hydrogen (secondary N) is 2. The Morgan fingerprint density at radius 3 is 2.78 bits per heavy atom. The van der Waals surface area contributed by atoms with Gasteiger partial charge in [-0.25, -0.2) is 0 Å². The first kappa shape index (κ1) is 17.8. The number of piperidine rings is 1. The Balaban J connectivity index is 1.78. The van der Waals surface area contributed by atoms with Crippen LogP contribution in [0, 0.1) is 5.92 Å². The third kappa shape index (κ3) is 5.23. The molecular formula is C17H28N4OS. The zero-order valence-electron chi connectivity index (χ0n) is 14.3. The van der Waals surface area contributed by atoms with E-state index in [1.165, 1.54) is 5.56 Å². The van der Waals surface area contributed by atoms with E-state index >= 15 is 0 Å². The monoisotopic (exact) mass is 336 g/mol. The molecule has 0 spiro atoms. The van der Waals surface area contributed by atoms with Gasteiger partial charge in [0.1, 0.15) is 0 Å². The molecule has 0 saturated carbocycles. The molecule has 1 aliphatic rings. The van der Waals surface area contributed by atoms with Crippen molar-refractivity contribution in [3.8, 4) is 0 Å². The molecule has 1 amide bonds. The SMILES string of the molecule is CN=C(NCC(C)c1ccsc1)N1CCC(CC(=O)NC)CC1. The second kappa shape index (κ2) is 8.91. The van der Waals surface area contributed by atoms with Crippen molar-refractivity contribution in [1.82, 2.24) is 15.5 Å². The van der Waals surface area contributed by atoms with Crippen LogP contribution in [-0.2, 0) is 4.79 Å². The Kier molecular flexibility index (Phi) is 6.89. The highest BCUT2D eigenvalue weighted by molar-refractivity contribution is 7.07. The third-order valence-corrected chi connectivity index (χ3v) is 5.26. The van der Waals surface area contributed by atoms with Crippen LogP contribution in [-0.4, -0.2) is 50.5 Å². The van der Waals surface area contributed by atoms with Crippen LogP contribution in [0.25, 0.3) is 0 Å². The maximum absolute atomic E-state index is 11.5. The van der Waals surface area contributed by atoms with Gasteiger partial charge in [-0.15, -0.1) is 0 Å². The number of hydrogen-bond acceptors (Lipinski definition) is 3. The minimum atomic E-state index is 0.149. The van der Waals surface area contributed by atoms with E-state index in [4.69, 9.17) is 0 Å². The Labute approximate surface area is 143 Å². The lowest BCUT2D eigenvalue weighted by Gasteiger charge is -2.34. The summed E-state index contributed by atoms with van der Waals surface area (Å²) < 4.78 is 0. The predicted molar refractivity (Wildman–Crippen MR) is 97.1 cm³/mol. The normalized spacial score (nSPS) is 17.9. The molecular weight excluding hydrogens is 308 g/mol. The summed E-state index contributed by atoms with van der Waals surface area (Å²) in [6.45, 7) is 5.06. The number of likely N-dealkylation sites (tertiary alicyclic amines) is 1. The molecule has 0 aromatic carbocycles. The van der Waals surface area contributed by atoms with E-state index in [0.29, 0.717) is 18.3 Å². The molecule has 5 nitrogen and oxygen atoms in total. The van der Waals surface area contributed by atoms with Crippen LogP contribution in [0.4, 0.5) is 0 Å². The van der Waals surface area contributed by atoms with Crippen molar-refractivity contribution in [3.05, 3.63) is 22.4 Å². The van der Waals surface area contributed by atoms with Gasteiger partial charge in [-0.2, -0.15) is 11.3 Å². The quantitative estimate of drug-likeness (QED) is 0.641. The van der Waals surface area contributed by atoms with Crippen LogP contribution in [0.5, 0.6) is 0 Å². The maximum atomic E-state index is 11.5. The smallest absolute Gasteiger partial charge is 0.220 e. The van der Waals surface area contributed by atoms with Crippen molar-refractivity contribution in [1.29, 1.82) is 0 Å². The van der Waals surface area contributed by atoms with Crippen molar-refractivity contribution in [2.45, 2.75) is 32.1 Å². The highest BCUT2D eigenvalue weighted by Crippen LogP contribution is 2.21. The number of rotatable bonds is 5. The van der Waals surface area contributed by atoms with Gasteiger partial charge >= 0.3 is 0 Å². The van der Waals surface area contributed by atoms with Crippen LogP contribution in [0.1, 0.15) is 37.7 Å². The minimum absolute atomic E-state index is 0.149. The summed E-state index contributed by atoms with van der Waals surface area (Å²) in [5.41, 5.74) is 1.38. The summed E-state index contributed by atoms with van der Waals surface area (Å²) in [5, 5.41) is 10.5. The molecule has 6 heteroatoms. The fourth-order valence-electron chi connectivity index (χ4n) is 2.96. The van der Waals surface area contributed by atoms with E-state index in [-0.39, 0.29) is 5.91 Å². The number of aliphatic imine (C=N–C) groups is 1. The van der Waals surface area contributed by atoms with Gasteiger partial charge in [0.05, 0.1) is 0 Å². The van der Waals surface area contributed by atoms with Gasteiger partial charge < -0.3 is 15.5 Å². The van der Waals surface area contributed by atoms with E-state index in [1.54, 1.807) is 18.4 Å². The van der Waals surface area contributed by atoms with Gasteiger partial charge in [-0.05, 0) is 47.1 Å². The number of thiophene rings is 1. The number of carbonyl (C=O) groups is 1. The molecule has 0 aliphatic carbocycles. The van der Waals surface area contributed by atoms with E-state index in [9.17, 15) is 4.79 Å². The lowest BCUT2D eigenvalue weighted by Crippen LogP contribution is -2.46. The van der Waals surface area contributed by atoms with Crippen molar-refractivity contribution in [2.24, 2.45) is 10.9 Å². The third-order valence-electron chi connectivity index (χ3n) is 4.56. The molecule has 1 unspecified atom stereocenters. The van der Waals surface area contributed by atoms with E-state index in [1.807, 2.05) is 7.05 Å². The summed E-state index contributed by atoms with van der Waals surface area (Å²) in [4.78, 5) is 18.2. The first-order valence-corrected chi connectivity index (χ1v) is 9.26. The average molecular weight is 337 g/mol. The standard InChI is InChI=1S/C17H28N4OS/c1-13(15-6-9-23-12-15)11-20-17(19-3)21-7-4-14(5-8-21)10-16(22)18-2/h6,9,12-14H,4-5,7-8,10-11H2,1-3H3,(H,18,22)(H,19,20). The molecule has 0 bridgehead atoms. The van der Waals surface area contributed by atoms with Gasteiger partial charge in [0.2, 0.25) is 5.91 Å². The first-order chi connectivity index (χ1) is 11.1. The van der Waals surface area contributed by atoms with Crippen LogP contribution in [0.15, 0.2) is 21.8 Å². The van der Waals surface area contributed by atoms with Gasteiger partial charge in [0.15, 0.2) is 5.96 Å². The molecule has 23 heavy (non-hydrogen) atoms. The summed E-state index contributed by atoms with van der Waals surface area (Å²) in [6.07, 6.45) is 2.74. The first-order valence-electron chi connectivity index (χ1n) is 8.32. The maximum Gasteiger partial charge on any atom is 0.220 e. The highest BCUT2D eigenvalue weighted by atomic mass is 32.1. The summed E-state index contributed by atoms with van der Waals surface area (Å²) >= 11 is 1.74. The van der Waals surface area contributed by atoms with Crippen LogP contribution in [0.3, 0.4) is 0 Å². The molecule has 1 aromatic heterocycles. The highest BCUT2D eigenvalue weighted by Gasteiger charge is 2.23. The Morgan fingerprint density at radius 2 is 2.22 bits per heavy atom. The van der Waals surface area contributed by atoms with Gasteiger partial charge in [-0.3, -0.25) is 9.79 Å². The van der Waals surface area contributed by atoms with Crippen molar-refractivity contribution in [3.63, 3.8) is 0 Å². The summed E-state index contributed by atoms with van der Waals surface area (Å²) in [5.74, 6) is 2.10. The zero-order valence-corrected chi connectivity index (χ0v) is 15.2. The number of carbonyl (C=O) groups excluding carboxylic acids is 1. The molecule has 1 aliphatic heterocycles.